The van der Waals surface area contributed by atoms with Crippen LogP contribution in [0.15, 0.2) is 64.9 Å². The molecular weight excluding hydrogens is 338 g/mol. The highest BCUT2D eigenvalue weighted by molar-refractivity contribution is 6.30. The van der Waals surface area contributed by atoms with Crippen LogP contribution in [-0.2, 0) is 9.53 Å². The SMILES string of the molecule is C.COC(=O)C1=C(C)NC(c2ccccn2)=NC1c1ccc(Cl)cc1. The maximum absolute atomic E-state index is 12.2. The average molecular weight is 358 g/mol. The number of methoxy groups -OCH3 is 1. The van der Waals surface area contributed by atoms with Crippen LogP contribution in [0.2, 0.25) is 5.02 Å². The van der Waals surface area contributed by atoms with E-state index >= 15 is 0 Å². The smallest absolute Gasteiger partial charge is 0.338 e. The number of halogens is 1. The first-order chi connectivity index (χ1) is 11.6. The molecule has 1 aromatic carbocycles. The summed E-state index contributed by atoms with van der Waals surface area (Å²) < 4.78 is 4.93. The van der Waals surface area contributed by atoms with E-state index in [4.69, 9.17) is 21.3 Å². The number of nitrogens with zero attached hydrogens (tertiary/aromatic N) is 2. The summed E-state index contributed by atoms with van der Waals surface area (Å²) in [6, 6.07) is 12.4. The zero-order valence-electron chi connectivity index (χ0n) is 13.3. The first-order valence-corrected chi connectivity index (χ1v) is 7.78. The molecule has 1 N–H and O–H groups in total. The van der Waals surface area contributed by atoms with Crippen LogP contribution in [0.5, 0.6) is 0 Å². The molecule has 130 valence electrons. The molecule has 1 aliphatic heterocycles. The number of carbonyl (C=O) groups excluding carboxylic acids is 1. The lowest BCUT2D eigenvalue weighted by Gasteiger charge is -2.25. The van der Waals surface area contributed by atoms with Crippen molar-refractivity contribution in [1.82, 2.24) is 10.3 Å². The summed E-state index contributed by atoms with van der Waals surface area (Å²) in [4.78, 5) is 21.3. The van der Waals surface area contributed by atoms with Crippen LogP contribution < -0.4 is 5.32 Å². The van der Waals surface area contributed by atoms with Gasteiger partial charge in [0.2, 0.25) is 0 Å². The van der Waals surface area contributed by atoms with Gasteiger partial charge in [0.15, 0.2) is 5.84 Å². The molecule has 0 spiro atoms. The number of aromatic nitrogens is 1. The van der Waals surface area contributed by atoms with E-state index in [1.807, 2.05) is 37.3 Å². The van der Waals surface area contributed by atoms with Gasteiger partial charge in [-0.2, -0.15) is 0 Å². The van der Waals surface area contributed by atoms with E-state index in [-0.39, 0.29) is 7.43 Å². The number of nitrogens with one attached hydrogen (secondary N) is 1. The Morgan fingerprint density at radius 1 is 1.20 bits per heavy atom. The van der Waals surface area contributed by atoms with Crippen molar-refractivity contribution < 1.29 is 9.53 Å². The summed E-state index contributed by atoms with van der Waals surface area (Å²) in [7, 11) is 1.36. The van der Waals surface area contributed by atoms with Crippen molar-refractivity contribution in [3.63, 3.8) is 0 Å². The van der Waals surface area contributed by atoms with Gasteiger partial charge in [-0.1, -0.05) is 37.2 Å². The van der Waals surface area contributed by atoms with Crippen molar-refractivity contribution in [2.75, 3.05) is 7.11 Å². The van der Waals surface area contributed by atoms with Crippen molar-refractivity contribution in [3.8, 4) is 0 Å². The van der Waals surface area contributed by atoms with E-state index in [1.54, 1.807) is 18.3 Å². The fraction of sp³-hybridized carbons (Fsp3) is 0.211. The van der Waals surface area contributed by atoms with Crippen LogP contribution in [-0.4, -0.2) is 23.9 Å². The Kier molecular flexibility index (Phi) is 5.93. The highest BCUT2D eigenvalue weighted by Gasteiger charge is 2.30. The fourth-order valence-electron chi connectivity index (χ4n) is 2.57. The molecule has 6 heteroatoms. The zero-order valence-corrected chi connectivity index (χ0v) is 14.0. The quantitative estimate of drug-likeness (QED) is 0.846. The van der Waals surface area contributed by atoms with Crippen molar-refractivity contribution in [1.29, 1.82) is 0 Å². The monoisotopic (exact) mass is 357 g/mol. The van der Waals surface area contributed by atoms with Crippen LogP contribution in [0.3, 0.4) is 0 Å². The van der Waals surface area contributed by atoms with Crippen LogP contribution in [0.25, 0.3) is 0 Å². The molecule has 2 aromatic rings. The van der Waals surface area contributed by atoms with Crippen LogP contribution >= 0.6 is 11.6 Å². The molecular formula is C19H20ClN3O2. The van der Waals surface area contributed by atoms with Crippen LogP contribution in [0, 0.1) is 0 Å². The molecule has 1 atom stereocenters. The molecule has 3 rings (SSSR count). The molecule has 0 aliphatic carbocycles. The largest absolute Gasteiger partial charge is 0.466 e. The second-order valence-corrected chi connectivity index (χ2v) is 5.74. The molecule has 0 saturated heterocycles. The van der Waals surface area contributed by atoms with Gasteiger partial charge in [0.1, 0.15) is 11.7 Å². The summed E-state index contributed by atoms with van der Waals surface area (Å²) in [5, 5.41) is 3.78. The van der Waals surface area contributed by atoms with E-state index in [0.717, 1.165) is 5.56 Å². The molecule has 1 aliphatic rings. The van der Waals surface area contributed by atoms with Gasteiger partial charge >= 0.3 is 5.97 Å². The molecule has 0 saturated carbocycles. The zero-order chi connectivity index (χ0) is 17.1. The Bertz CT molecular complexity index is 814. The number of carbonyl (C=O) groups is 1. The summed E-state index contributed by atoms with van der Waals surface area (Å²) >= 11 is 5.97. The summed E-state index contributed by atoms with van der Waals surface area (Å²) in [6.45, 7) is 1.83. The summed E-state index contributed by atoms with van der Waals surface area (Å²) in [5.74, 6) is 0.199. The van der Waals surface area contributed by atoms with Gasteiger partial charge in [0.25, 0.3) is 0 Å². The number of hydrogen-bond donors (Lipinski definition) is 1. The molecule has 2 heterocycles. The Balaban J connectivity index is 0.00000225. The molecule has 0 radical (unpaired) electrons. The number of esters is 1. The van der Waals surface area contributed by atoms with Gasteiger partial charge in [0.05, 0.1) is 12.7 Å². The Morgan fingerprint density at radius 2 is 1.92 bits per heavy atom. The number of ether oxygens (including phenoxy) is 1. The van der Waals surface area contributed by atoms with Crippen molar-refractivity contribution in [3.05, 3.63) is 76.2 Å². The maximum Gasteiger partial charge on any atom is 0.338 e. The molecule has 0 bridgehead atoms. The number of pyridine rings is 1. The second-order valence-electron chi connectivity index (χ2n) is 5.30. The first kappa shape index (κ1) is 18.7. The van der Waals surface area contributed by atoms with Gasteiger partial charge in [-0.25, -0.2) is 4.79 Å². The number of benzene rings is 1. The van der Waals surface area contributed by atoms with Gasteiger partial charge in [-0.3, -0.25) is 9.98 Å². The molecule has 0 amide bonds. The predicted octanol–water partition coefficient (Wildman–Crippen LogP) is 3.91. The Morgan fingerprint density at radius 3 is 2.52 bits per heavy atom. The van der Waals surface area contributed by atoms with E-state index in [9.17, 15) is 4.79 Å². The lowest BCUT2D eigenvalue weighted by Crippen LogP contribution is -2.33. The third-order valence-electron chi connectivity index (χ3n) is 3.74. The van der Waals surface area contributed by atoms with Gasteiger partial charge < -0.3 is 10.1 Å². The van der Waals surface area contributed by atoms with Gasteiger partial charge in [-0.15, -0.1) is 0 Å². The Hall–Kier alpha value is -2.66. The Labute approximate surface area is 152 Å². The highest BCUT2D eigenvalue weighted by Crippen LogP contribution is 2.32. The summed E-state index contributed by atoms with van der Waals surface area (Å²) in [5.41, 5.74) is 2.73. The number of amidine groups is 1. The van der Waals surface area contributed by atoms with Crippen molar-refractivity contribution in [2.24, 2.45) is 4.99 Å². The third-order valence-corrected chi connectivity index (χ3v) is 3.99. The summed E-state index contributed by atoms with van der Waals surface area (Å²) in [6.07, 6.45) is 1.70. The highest BCUT2D eigenvalue weighted by atomic mass is 35.5. The minimum Gasteiger partial charge on any atom is -0.466 e. The minimum absolute atomic E-state index is 0. The fourth-order valence-corrected chi connectivity index (χ4v) is 2.70. The van der Waals surface area contributed by atoms with E-state index in [2.05, 4.69) is 10.3 Å². The molecule has 0 fully saturated rings. The van der Waals surface area contributed by atoms with Gasteiger partial charge in [0, 0.05) is 16.9 Å². The minimum atomic E-state index is -0.479. The number of rotatable bonds is 3. The maximum atomic E-state index is 12.2. The van der Waals surface area contributed by atoms with Crippen LogP contribution in [0.4, 0.5) is 0 Å². The lowest BCUT2D eigenvalue weighted by molar-refractivity contribution is -0.136. The third kappa shape index (κ3) is 3.88. The molecule has 1 aromatic heterocycles. The number of aliphatic imine (C=N–C) groups is 1. The van der Waals surface area contributed by atoms with E-state index < -0.39 is 12.0 Å². The predicted molar refractivity (Wildman–Crippen MR) is 99.5 cm³/mol. The second kappa shape index (κ2) is 7.94. The lowest BCUT2D eigenvalue weighted by atomic mass is 9.96. The molecule has 5 nitrogen and oxygen atoms in total. The average Bonchev–Trinajstić information content (AvgIpc) is 2.62. The topological polar surface area (TPSA) is 63.6 Å². The first-order valence-electron chi connectivity index (χ1n) is 7.41. The van der Waals surface area contributed by atoms with Crippen molar-refractivity contribution >= 4 is 23.4 Å². The molecule has 25 heavy (non-hydrogen) atoms. The van der Waals surface area contributed by atoms with E-state index in [0.29, 0.717) is 27.8 Å². The number of hydrogen-bond acceptors (Lipinski definition) is 5. The molecule has 1 unspecified atom stereocenters. The standard InChI is InChI=1S/C18H16ClN3O2.CH4/c1-11-15(18(23)24-2)16(12-6-8-13(19)9-7-12)22-17(21-11)14-5-3-4-10-20-14;/h3-10,16H,1-2H3,(H,21,22);1H4. The van der Waals surface area contributed by atoms with Crippen LogP contribution in [0.1, 0.15) is 31.6 Å². The normalized spacial score (nSPS) is 16.4. The van der Waals surface area contributed by atoms with Gasteiger partial charge in [-0.05, 0) is 36.8 Å². The van der Waals surface area contributed by atoms with E-state index in [1.165, 1.54) is 7.11 Å². The van der Waals surface area contributed by atoms with Crippen molar-refractivity contribution in [2.45, 2.75) is 20.4 Å². The number of allylic oxidation sites excluding steroid dienone is 1.